The summed E-state index contributed by atoms with van der Waals surface area (Å²) in [6, 6.07) is 10.9. The smallest absolute Gasteiger partial charge is 0.227 e. The van der Waals surface area contributed by atoms with E-state index in [2.05, 4.69) is 0 Å². The number of carbonyl (C=O) groups is 1. The van der Waals surface area contributed by atoms with Crippen LogP contribution in [0.4, 0.5) is 0 Å². The SMILES string of the molecule is C[C@H](c1cccs1)N(C)C(=O)Cc1cccc(O)c1. The van der Waals surface area contributed by atoms with Gasteiger partial charge in [0.15, 0.2) is 0 Å². The van der Waals surface area contributed by atoms with Crippen molar-refractivity contribution in [1.82, 2.24) is 4.90 Å². The molecule has 1 aromatic heterocycles. The van der Waals surface area contributed by atoms with E-state index in [1.165, 1.54) is 4.88 Å². The van der Waals surface area contributed by atoms with Crippen LogP contribution in [0.15, 0.2) is 41.8 Å². The van der Waals surface area contributed by atoms with Crippen LogP contribution in [0.1, 0.15) is 23.4 Å². The van der Waals surface area contributed by atoms with Gasteiger partial charge in [-0.25, -0.2) is 0 Å². The second kappa shape index (κ2) is 5.89. The van der Waals surface area contributed by atoms with Crippen molar-refractivity contribution in [2.24, 2.45) is 0 Å². The number of aromatic hydroxyl groups is 1. The fourth-order valence-electron chi connectivity index (χ4n) is 1.90. The lowest BCUT2D eigenvalue weighted by molar-refractivity contribution is -0.131. The van der Waals surface area contributed by atoms with Crippen LogP contribution in [0.25, 0.3) is 0 Å². The van der Waals surface area contributed by atoms with Gasteiger partial charge in [0.25, 0.3) is 0 Å². The minimum absolute atomic E-state index is 0.0477. The molecule has 0 aliphatic carbocycles. The number of thiophene rings is 1. The van der Waals surface area contributed by atoms with Crippen molar-refractivity contribution in [2.75, 3.05) is 7.05 Å². The molecule has 0 unspecified atom stereocenters. The first-order chi connectivity index (χ1) is 9.08. The van der Waals surface area contributed by atoms with Crippen LogP contribution in [0.5, 0.6) is 5.75 Å². The summed E-state index contributed by atoms with van der Waals surface area (Å²) < 4.78 is 0. The summed E-state index contributed by atoms with van der Waals surface area (Å²) in [6.45, 7) is 2.02. The van der Waals surface area contributed by atoms with Crippen LogP contribution in [0.2, 0.25) is 0 Å². The molecular formula is C15H17NO2S. The highest BCUT2D eigenvalue weighted by atomic mass is 32.1. The summed E-state index contributed by atoms with van der Waals surface area (Å²) in [5, 5.41) is 11.4. The Morgan fingerprint density at radius 1 is 1.37 bits per heavy atom. The molecule has 4 heteroatoms. The Morgan fingerprint density at radius 3 is 2.79 bits per heavy atom. The molecule has 100 valence electrons. The summed E-state index contributed by atoms with van der Waals surface area (Å²) in [5.41, 5.74) is 0.829. The number of benzene rings is 1. The van der Waals surface area contributed by atoms with Gasteiger partial charge >= 0.3 is 0 Å². The van der Waals surface area contributed by atoms with Crippen LogP contribution in [-0.4, -0.2) is 23.0 Å². The van der Waals surface area contributed by atoms with E-state index in [0.29, 0.717) is 6.42 Å². The van der Waals surface area contributed by atoms with E-state index in [1.54, 1.807) is 34.4 Å². The molecule has 1 amide bonds. The van der Waals surface area contributed by atoms with E-state index in [9.17, 15) is 9.90 Å². The molecule has 0 aliphatic rings. The summed E-state index contributed by atoms with van der Waals surface area (Å²) >= 11 is 1.65. The average Bonchev–Trinajstić information content (AvgIpc) is 2.90. The first kappa shape index (κ1) is 13.6. The zero-order valence-corrected chi connectivity index (χ0v) is 11.9. The minimum Gasteiger partial charge on any atom is -0.508 e. The number of rotatable bonds is 4. The lowest BCUT2D eigenvalue weighted by Crippen LogP contribution is -2.30. The Kier molecular flexibility index (Phi) is 4.22. The Morgan fingerprint density at radius 2 is 2.16 bits per heavy atom. The lowest BCUT2D eigenvalue weighted by Gasteiger charge is -2.24. The molecule has 1 heterocycles. The minimum atomic E-state index is 0.0477. The van der Waals surface area contributed by atoms with Gasteiger partial charge in [-0.1, -0.05) is 18.2 Å². The van der Waals surface area contributed by atoms with Crippen molar-refractivity contribution in [3.8, 4) is 5.75 Å². The third-order valence-corrected chi connectivity index (χ3v) is 4.24. The molecule has 0 saturated heterocycles. The Balaban J connectivity index is 2.03. The van der Waals surface area contributed by atoms with Gasteiger partial charge in [-0.2, -0.15) is 0 Å². The molecule has 3 nitrogen and oxygen atoms in total. The molecular weight excluding hydrogens is 258 g/mol. The fourth-order valence-corrected chi connectivity index (χ4v) is 2.73. The van der Waals surface area contributed by atoms with E-state index in [1.807, 2.05) is 37.6 Å². The maximum absolute atomic E-state index is 12.2. The summed E-state index contributed by atoms with van der Waals surface area (Å²) in [7, 11) is 1.81. The van der Waals surface area contributed by atoms with Gasteiger partial charge in [-0.05, 0) is 36.1 Å². The van der Waals surface area contributed by atoms with E-state index in [-0.39, 0.29) is 17.7 Å². The predicted molar refractivity (Wildman–Crippen MR) is 77.3 cm³/mol. The van der Waals surface area contributed by atoms with Crippen molar-refractivity contribution in [3.63, 3.8) is 0 Å². The fraction of sp³-hybridized carbons (Fsp3) is 0.267. The summed E-state index contributed by atoms with van der Waals surface area (Å²) in [4.78, 5) is 15.1. The third-order valence-electron chi connectivity index (χ3n) is 3.20. The number of phenols is 1. The van der Waals surface area contributed by atoms with Gasteiger partial charge in [-0.3, -0.25) is 4.79 Å². The first-order valence-corrected chi connectivity index (χ1v) is 7.03. The highest BCUT2D eigenvalue weighted by Crippen LogP contribution is 2.24. The second-order valence-corrected chi connectivity index (χ2v) is 5.52. The number of amides is 1. The lowest BCUT2D eigenvalue weighted by atomic mass is 10.1. The number of carbonyl (C=O) groups excluding carboxylic acids is 1. The highest BCUT2D eigenvalue weighted by molar-refractivity contribution is 7.10. The summed E-state index contributed by atoms with van der Waals surface area (Å²) in [6.07, 6.45) is 0.306. The summed E-state index contributed by atoms with van der Waals surface area (Å²) in [5.74, 6) is 0.241. The van der Waals surface area contributed by atoms with E-state index < -0.39 is 0 Å². The van der Waals surface area contributed by atoms with Crippen molar-refractivity contribution in [1.29, 1.82) is 0 Å². The topological polar surface area (TPSA) is 40.5 Å². The van der Waals surface area contributed by atoms with Gasteiger partial charge in [0.1, 0.15) is 5.75 Å². The molecule has 0 saturated carbocycles. The van der Waals surface area contributed by atoms with Crippen LogP contribution >= 0.6 is 11.3 Å². The zero-order valence-electron chi connectivity index (χ0n) is 11.0. The molecule has 0 fully saturated rings. The Bertz CT molecular complexity index is 551. The van der Waals surface area contributed by atoms with Gasteiger partial charge in [-0.15, -0.1) is 11.3 Å². The maximum atomic E-state index is 12.2. The first-order valence-electron chi connectivity index (χ1n) is 6.15. The van der Waals surface area contributed by atoms with Crippen molar-refractivity contribution in [3.05, 3.63) is 52.2 Å². The highest BCUT2D eigenvalue weighted by Gasteiger charge is 2.18. The van der Waals surface area contributed by atoms with Crippen LogP contribution < -0.4 is 0 Å². The van der Waals surface area contributed by atoms with Crippen LogP contribution in [0.3, 0.4) is 0 Å². The molecule has 19 heavy (non-hydrogen) atoms. The number of hydrogen-bond acceptors (Lipinski definition) is 3. The van der Waals surface area contributed by atoms with Crippen molar-refractivity contribution >= 4 is 17.2 Å². The van der Waals surface area contributed by atoms with Crippen LogP contribution in [-0.2, 0) is 11.2 Å². The molecule has 0 bridgehead atoms. The predicted octanol–water partition coefficient (Wildman–Crippen LogP) is 3.22. The molecule has 1 N–H and O–H groups in total. The van der Waals surface area contributed by atoms with Gasteiger partial charge in [0.05, 0.1) is 12.5 Å². The third kappa shape index (κ3) is 3.35. The number of phenolic OH excluding ortho intramolecular Hbond substituents is 1. The number of nitrogens with zero attached hydrogens (tertiary/aromatic N) is 1. The van der Waals surface area contributed by atoms with E-state index in [0.717, 1.165) is 5.56 Å². The Hall–Kier alpha value is -1.81. The quantitative estimate of drug-likeness (QED) is 0.930. The number of likely N-dealkylation sites (N-methyl/N-ethyl adjacent to an activating group) is 1. The molecule has 0 spiro atoms. The van der Waals surface area contributed by atoms with E-state index >= 15 is 0 Å². The average molecular weight is 275 g/mol. The molecule has 0 radical (unpaired) electrons. The molecule has 0 aliphatic heterocycles. The monoisotopic (exact) mass is 275 g/mol. The van der Waals surface area contributed by atoms with Crippen molar-refractivity contribution < 1.29 is 9.90 Å². The Labute approximate surface area is 117 Å². The van der Waals surface area contributed by atoms with Crippen molar-refractivity contribution in [2.45, 2.75) is 19.4 Å². The standard InChI is InChI=1S/C15H17NO2S/c1-11(14-7-4-8-19-14)16(2)15(18)10-12-5-3-6-13(17)9-12/h3-9,11,17H,10H2,1-2H3/t11-/m1/s1. The van der Waals surface area contributed by atoms with Gasteiger partial charge < -0.3 is 10.0 Å². The zero-order chi connectivity index (χ0) is 13.8. The normalized spacial score (nSPS) is 12.1. The van der Waals surface area contributed by atoms with Crippen LogP contribution in [0, 0.1) is 0 Å². The molecule has 2 rings (SSSR count). The van der Waals surface area contributed by atoms with Gasteiger partial charge in [0, 0.05) is 11.9 Å². The molecule has 2 aromatic rings. The molecule has 1 aromatic carbocycles. The van der Waals surface area contributed by atoms with E-state index in [4.69, 9.17) is 0 Å². The molecule has 1 atom stereocenters. The second-order valence-electron chi connectivity index (χ2n) is 4.54. The van der Waals surface area contributed by atoms with Gasteiger partial charge in [0.2, 0.25) is 5.91 Å². The number of hydrogen-bond donors (Lipinski definition) is 1. The maximum Gasteiger partial charge on any atom is 0.227 e. The largest absolute Gasteiger partial charge is 0.508 e.